The van der Waals surface area contributed by atoms with Gasteiger partial charge in [-0.3, -0.25) is 0 Å². The molecule has 0 spiro atoms. The summed E-state index contributed by atoms with van der Waals surface area (Å²) in [4.78, 5) is 2.22. The van der Waals surface area contributed by atoms with Gasteiger partial charge in [0.05, 0.1) is 6.10 Å². The summed E-state index contributed by atoms with van der Waals surface area (Å²) in [6.45, 7) is 4.73. The number of piperidine rings is 1. The average Bonchev–Trinajstić information content (AvgIpc) is 2.28. The van der Waals surface area contributed by atoms with Crippen molar-refractivity contribution in [1.29, 1.82) is 0 Å². The fourth-order valence-electron chi connectivity index (χ4n) is 2.65. The number of aliphatic hydroxyl groups excluding tert-OH is 1. The van der Waals surface area contributed by atoms with Gasteiger partial charge < -0.3 is 10.0 Å². The molecule has 0 saturated carbocycles. The van der Waals surface area contributed by atoms with Crippen LogP contribution in [-0.2, 0) is 0 Å². The third-order valence-electron chi connectivity index (χ3n) is 3.56. The highest BCUT2D eigenvalue weighted by molar-refractivity contribution is 5.56. The third-order valence-corrected chi connectivity index (χ3v) is 3.56. The molecule has 0 aromatic heterocycles. The Bertz CT molecular complexity index is 392. The van der Waals surface area contributed by atoms with Gasteiger partial charge in [-0.25, -0.2) is 4.39 Å². The Morgan fingerprint density at radius 3 is 2.82 bits per heavy atom. The second kappa shape index (κ2) is 5.05. The molecule has 0 bridgehead atoms. The lowest BCUT2D eigenvalue weighted by Gasteiger charge is -2.37. The maximum atomic E-state index is 13.8. The first-order valence-corrected chi connectivity index (χ1v) is 6.34. The van der Waals surface area contributed by atoms with Crippen molar-refractivity contribution in [3.63, 3.8) is 0 Å². The molecular weight excluding hydrogens is 217 g/mol. The van der Waals surface area contributed by atoms with Gasteiger partial charge >= 0.3 is 0 Å². The van der Waals surface area contributed by atoms with Gasteiger partial charge in [-0.15, -0.1) is 0 Å². The topological polar surface area (TPSA) is 23.5 Å². The highest BCUT2D eigenvalue weighted by Crippen LogP contribution is 2.32. The number of aliphatic hydroxyl groups is 1. The van der Waals surface area contributed by atoms with Gasteiger partial charge in [0.25, 0.3) is 0 Å². The standard InChI is InChI=1S/C14H20FNO/c1-10-6-3-4-9-16(10)13-8-5-7-12(15)14(13)11(2)17/h5,7-8,10-11,17H,3-4,6,9H2,1-2H3/t10?,11-/m1/s1. The molecule has 0 aliphatic carbocycles. The first kappa shape index (κ1) is 12.4. The van der Waals surface area contributed by atoms with Crippen LogP contribution in [0.3, 0.4) is 0 Å². The lowest BCUT2D eigenvalue weighted by atomic mass is 9.99. The minimum Gasteiger partial charge on any atom is -0.389 e. The second-order valence-electron chi connectivity index (χ2n) is 4.89. The van der Waals surface area contributed by atoms with E-state index in [1.54, 1.807) is 13.0 Å². The zero-order valence-electron chi connectivity index (χ0n) is 10.5. The van der Waals surface area contributed by atoms with Crippen molar-refractivity contribution in [3.05, 3.63) is 29.6 Å². The third kappa shape index (κ3) is 2.44. The normalized spacial score (nSPS) is 22.6. The number of anilines is 1. The molecule has 1 heterocycles. The van der Waals surface area contributed by atoms with Crippen LogP contribution in [0.15, 0.2) is 18.2 Å². The maximum absolute atomic E-state index is 13.8. The van der Waals surface area contributed by atoms with E-state index in [1.807, 2.05) is 6.07 Å². The summed E-state index contributed by atoms with van der Waals surface area (Å²) < 4.78 is 13.8. The fraction of sp³-hybridized carbons (Fsp3) is 0.571. The summed E-state index contributed by atoms with van der Waals surface area (Å²) in [6, 6.07) is 5.47. The van der Waals surface area contributed by atoms with Gasteiger partial charge in [0.2, 0.25) is 0 Å². The van der Waals surface area contributed by atoms with Crippen molar-refractivity contribution in [2.75, 3.05) is 11.4 Å². The molecule has 2 atom stereocenters. The quantitative estimate of drug-likeness (QED) is 0.853. The zero-order chi connectivity index (χ0) is 12.4. The molecule has 2 nitrogen and oxygen atoms in total. The lowest BCUT2D eigenvalue weighted by molar-refractivity contribution is 0.194. The summed E-state index contributed by atoms with van der Waals surface area (Å²) in [7, 11) is 0. The van der Waals surface area contributed by atoms with Crippen molar-refractivity contribution < 1.29 is 9.50 Å². The molecule has 2 rings (SSSR count). The van der Waals surface area contributed by atoms with E-state index in [0.717, 1.165) is 25.1 Å². The molecule has 0 radical (unpaired) electrons. The zero-order valence-corrected chi connectivity index (χ0v) is 10.5. The van der Waals surface area contributed by atoms with E-state index in [9.17, 15) is 9.50 Å². The van der Waals surface area contributed by atoms with Gasteiger partial charge in [0, 0.05) is 23.8 Å². The van der Waals surface area contributed by atoms with Crippen molar-refractivity contribution in [2.45, 2.75) is 45.3 Å². The first-order valence-electron chi connectivity index (χ1n) is 6.34. The van der Waals surface area contributed by atoms with E-state index in [2.05, 4.69) is 11.8 Å². The highest BCUT2D eigenvalue weighted by atomic mass is 19.1. The van der Waals surface area contributed by atoms with Crippen LogP contribution in [0.25, 0.3) is 0 Å². The molecule has 1 aromatic rings. The highest BCUT2D eigenvalue weighted by Gasteiger charge is 2.23. The lowest BCUT2D eigenvalue weighted by Crippen LogP contribution is -2.38. The number of benzene rings is 1. The van der Waals surface area contributed by atoms with Gasteiger partial charge in [-0.05, 0) is 45.2 Å². The SMILES string of the molecule is CC1CCCCN1c1cccc(F)c1[C@@H](C)O. The van der Waals surface area contributed by atoms with E-state index in [1.165, 1.54) is 12.5 Å². The largest absolute Gasteiger partial charge is 0.389 e. The van der Waals surface area contributed by atoms with E-state index in [0.29, 0.717) is 11.6 Å². The van der Waals surface area contributed by atoms with Crippen LogP contribution in [0.1, 0.15) is 44.8 Å². The van der Waals surface area contributed by atoms with Crippen molar-refractivity contribution in [2.24, 2.45) is 0 Å². The molecule has 17 heavy (non-hydrogen) atoms. The van der Waals surface area contributed by atoms with Crippen LogP contribution in [0, 0.1) is 5.82 Å². The smallest absolute Gasteiger partial charge is 0.131 e. The summed E-state index contributed by atoms with van der Waals surface area (Å²) in [6.07, 6.45) is 2.74. The molecule has 1 aliphatic heterocycles. The second-order valence-corrected chi connectivity index (χ2v) is 4.89. The van der Waals surface area contributed by atoms with Gasteiger partial charge in [-0.2, -0.15) is 0 Å². The van der Waals surface area contributed by atoms with Crippen LogP contribution in [0.4, 0.5) is 10.1 Å². The Hall–Kier alpha value is -1.09. The monoisotopic (exact) mass is 237 g/mol. The van der Waals surface area contributed by atoms with Gasteiger partial charge in [-0.1, -0.05) is 6.07 Å². The Labute approximate surface area is 102 Å². The molecule has 94 valence electrons. The Morgan fingerprint density at radius 1 is 1.41 bits per heavy atom. The van der Waals surface area contributed by atoms with Gasteiger partial charge in [0.1, 0.15) is 5.82 Å². The molecule has 1 unspecified atom stereocenters. The predicted octanol–water partition coefficient (Wildman–Crippen LogP) is 3.26. The number of rotatable bonds is 2. The average molecular weight is 237 g/mol. The van der Waals surface area contributed by atoms with Crippen LogP contribution < -0.4 is 4.90 Å². The Kier molecular flexibility index (Phi) is 3.67. The van der Waals surface area contributed by atoms with Crippen LogP contribution in [0.5, 0.6) is 0 Å². The molecule has 0 amide bonds. The minimum absolute atomic E-state index is 0.310. The van der Waals surface area contributed by atoms with Crippen LogP contribution in [0.2, 0.25) is 0 Å². The summed E-state index contributed by atoms with van der Waals surface area (Å²) in [5.74, 6) is -0.310. The maximum Gasteiger partial charge on any atom is 0.131 e. The molecule has 3 heteroatoms. The predicted molar refractivity (Wildman–Crippen MR) is 67.7 cm³/mol. The summed E-state index contributed by atoms with van der Waals surface area (Å²) in [5, 5.41) is 9.74. The van der Waals surface area contributed by atoms with Crippen molar-refractivity contribution >= 4 is 5.69 Å². The molecule has 1 aromatic carbocycles. The number of nitrogens with zero attached hydrogens (tertiary/aromatic N) is 1. The first-order chi connectivity index (χ1) is 8.11. The van der Waals surface area contributed by atoms with Crippen molar-refractivity contribution in [3.8, 4) is 0 Å². The van der Waals surface area contributed by atoms with Gasteiger partial charge in [0.15, 0.2) is 0 Å². The molecule has 1 saturated heterocycles. The van der Waals surface area contributed by atoms with Crippen molar-refractivity contribution in [1.82, 2.24) is 0 Å². The van der Waals surface area contributed by atoms with Crippen LogP contribution in [-0.4, -0.2) is 17.7 Å². The Morgan fingerprint density at radius 2 is 2.18 bits per heavy atom. The van der Waals surface area contributed by atoms with E-state index >= 15 is 0 Å². The fourth-order valence-corrected chi connectivity index (χ4v) is 2.65. The van der Waals surface area contributed by atoms with Crippen LogP contribution >= 0.6 is 0 Å². The molecular formula is C14H20FNO. The summed E-state index contributed by atoms with van der Waals surface area (Å²) in [5.41, 5.74) is 1.29. The number of hydrogen-bond donors (Lipinski definition) is 1. The van der Waals surface area contributed by atoms with E-state index in [4.69, 9.17) is 0 Å². The molecule has 1 aliphatic rings. The Balaban J connectivity index is 2.40. The summed E-state index contributed by atoms with van der Waals surface area (Å²) >= 11 is 0. The van der Waals surface area contributed by atoms with E-state index < -0.39 is 6.10 Å². The molecule has 1 N–H and O–H groups in total. The number of hydrogen-bond acceptors (Lipinski definition) is 2. The number of halogens is 1. The molecule has 1 fully saturated rings. The minimum atomic E-state index is -0.764. The van der Waals surface area contributed by atoms with E-state index in [-0.39, 0.29) is 5.82 Å².